The van der Waals surface area contributed by atoms with E-state index in [9.17, 15) is 9.59 Å². The van der Waals surface area contributed by atoms with E-state index in [2.05, 4.69) is 38.9 Å². The van der Waals surface area contributed by atoms with Gasteiger partial charge in [-0.15, -0.1) is 0 Å². The van der Waals surface area contributed by atoms with Crippen molar-refractivity contribution in [2.24, 2.45) is 10.1 Å². The van der Waals surface area contributed by atoms with Crippen LogP contribution in [0.5, 0.6) is 0 Å². The first-order valence-electron chi connectivity index (χ1n) is 11.4. The Kier molecular flexibility index (Phi) is 6.16. The molecule has 1 N–H and O–H groups in total. The Hall–Kier alpha value is -3.50. The molecule has 0 spiro atoms. The number of hydrogen-bond donors (Lipinski definition) is 1. The first-order chi connectivity index (χ1) is 16.8. The number of benzene rings is 1. The number of rotatable bonds is 4. The quantitative estimate of drug-likeness (QED) is 0.663. The number of aromatic nitrogens is 1. The van der Waals surface area contributed by atoms with Gasteiger partial charge in [-0.1, -0.05) is 17.7 Å². The lowest BCUT2D eigenvalue weighted by molar-refractivity contribution is -0.133. The van der Waals surface area contributed by atoms with Gasteiger partial charge in [0.05, 0.1) is 25.2 Å². The molecule has 3 aliphatic rings. The molecule has 1 fully saturated rings. The minimum absolute atomic E-state index is 0.0403. The lowest BCUT2D eigenvalue weighted by Crippen LogP contribution is -2.41. The number of aliphatic imine (C=N–C) groups is 1. The van der Waals surface area contributed by atoms with Gasteiger partial charge in [-0.3, -0.25) is 15.0 Å². The molecule has 0 atom stereocenters. The second kappa shape index (κ2) is 9.27. The summed E-state index contributed by atoms with van der Waals surface area (Å²) in [5.74, 6) is -0.566. The number of morpholine rings is 1. The zero-order chi connectivity index (χ0) is 24.7. The van der Waals surface area contributed by atoms with Gasteiger partial charge in [0.2, 0.25) is 11.1 Å². The first-order valence-corrected chi connectivity index (χ1v) is 12.2. The zero-order valence-corrected chi connectivity index (χ0v) is 20.7. The number of carbonyl (C=O) groups is 2. The zero-order valence-electron chi connectivity index (χ0n) is 19.9. The number of amides is 2. The van der Waals surface area contributed by atoms with Crippen LogP contribution in [0.15, 0.2) is 46.0 Å². The molecule has 1 saturated heterocycles. The van der Waals surface area contributed by atoms with E-state index in [1.165, 1.54) is 22.3 Å². The summed E-state index contributed by atoms with van der Waals surface area (Å²) < 4.78 is 7.42. The topological polar surface area (TPSA) is 103 Å². The summed E-state index contributed by atoms with van der Waals surface area (Å²) in [5.41, 5.74) is 5.22. The highest BCUT2D eigenvalue weighted by atomic mass is 32.2. The van der Waals surface area contributed by atoms with Gasteiger partial charge in [-0.05, 0) is 62.4 Å². The molecule has 2 amide bonds. The third-order valence-corrected chi connectivity index (χ3v) is 7.13. The number of ether oxygens (including phenoxy) is 1. The van der Waals surface area contributed by atoms with Crippen molar-refractivity contribution in [3.8, 4) is 5.69 Å². The molecule has 4 heterocycles. The summed E-state index contributed by atoms with van der Waals surface area (Å²) >= 11 is 1.17. The summed E-state index contributed by atoms with van der Waals surface area (Å²) in [6.45, 7) is 8.23. The SMILES string of the molecule is Cc1ccc(-n2c(C)cc(/C=C3/C(=N)N4N=C(CC(=O)N5CCOCC5)SC4=NC3=O)c2C)cc1. The van der Waals surface area contributed by atoms with Crippen molar-refractivity contribution >= 4 is 45.7 Å². The van der Waals surface area contributed by atoms with Crippen LogP contribution in [-0.2, 0) is 14.3 Å². The predicted molar refractivity (Wildman–Crippen MR) is 137 cm³/mol. The van der Waals surface area contributed by atoms with E-state index in [4.69, 9.17) is 10.1 Å². The fourth-order valence-corrected chi connectivity index (χ4v) is 5.21. The molecule has 3 aliphatic heterocycles. The smallest absolute Gasteiger partial charge is 0.283 e. The maximum Gasteiger partial charge on any atom is 0.283 e. The minimum Gasteiger partial charge on any atom is -0.378 e. The van der Waals surface area contributed by atoms with Crippen molar-refractivity contribution in [3.63, 3.8) is 0 Å². The highest BCUT2D eigenvalue weighted by Crippen LogP contribution is 2.31. The van der Waals surface area contributed by atoms with E-state index in [1.54, 1.807) is 11.0 Å². The van der Waals surface area contributed by atoms with Crippen LogP contribution in [-0.4, -0.2) is 68.6 Å². The van der Waals surface area contributed by atoms with Crippen LogP contribution in [0, 0.1) is 26.2 Å². The largest absolute Gasteiger partial charge is 0.378 e. The number of carbonyl (C=O) groups excluding carboxylic acids is 2. The maximum absolute atomic E-state index is 12.9. The second-order valence-corrected chi connectivity index (χ2v) is 9.72. The molecule has 0 aliphatic carbocycles. The number of amidine groups is 2. The van der Waals surface area contributed by atoms with Crippen LogP contribution in [0.3, 0.4) is 0 Å². The number of fused-ring (bicyclic) bond motifs is 1. The lowest BCUT2D eigenvalue weighted by atomic mass is 10.1. The summed E-state index contributed by atoms with van der Waals surface area (Å²) in [7, 11) is 0. The molecule has 0 saturated carbocycles. The summed E-state index contributed by atoms with van der Waals surface area (Å²) in [5, 5.41) is 15.3. The fourth-order valence-electron chi connectivity index (χ4n) is 4.34. The normalized spacial score (nSPS) is 19.2. The Morgan fingerprint density at radius 2 is 1.89 bits per heavy atom. The van der Waals surface area contributed by atoms with Gasteiger partial charge >= 0.3 is 0 Å². The van der Waals surface area contributed by atoms with Crippen molar-refractivity contribution in [2.75, 3.05) is 26.3 Å². The van der Waals surface area contributed by atoms with Gasteiger partial charge in [0.25, 0.3) is 5.91 Å². The molecule has 35 heavy (non-hydrogen) atoms. The van der Waals surface area contributed by atoms with Gasteiger partial charge in [-0.2, -0.15) is 15.1 Å². The highest BCUT2D eigenvalue weighted by Gasteiger charge is 2.36. The summed E-state index contributed by atoms with van der Waals surface area (Å²) in [4.78, 5) is 31.4. The van der Waals surface area contributed by atoms with Crippen LogP contribution >= 0.6 is 11.8 Å². The molecule has 180 valence electrons. The average Bonchev–Trinajstić information content (AvgIpc) is 3.37. The van der Waals surface area contributed by atoms with Crippen molar-refractivity contribution in [2.45, 2.75) is 27.2 Å². The van der Waals surface area contributed by atoms with Crippen LogP contribution in [0.1, 0.15) is 28.9 Å². The van der Waals surface area contributed by atoms with E-state index in [0.29, 0.717) is 36.5 Å². The van der Waals surface area contributed by atoms with Crippen LogP contribution < -0.4 is 0 Å². The second-order valence-electron chi connectivity index (χ2n) is 8.68. The monoisotopic (exact) mass is 490 g/mol. The van der Waals surface area contributed by atoms with E-state index in [-0.39, 0.29) is 23.7 Å². The summed E-state index contributed by atoms with van der Waals surface area (Å²) in [6.07, 6.45) is 1.81. The molecule has 10 heteroatoms. The Bertz CT molecular complexity index is 1320. The molecular formula is C25H26N6O3S. The van der Waals surface area contributed by atoms with Gasteiger partial charge in [-0.25, -0.2) is 0 Å². The summed E-state index contributed by atoms with van der Waals surface area (Å²) in [6, 6.07) is 10.2. The number of aryl methyl sites for hydroxylation is 2. The van der Waals surface area contributed by atoms with E-state index in [0.717, 1.165) is 22.6 Å². The van der Waals surface area contributed by atoms with E-state index >= 15 is 0 Å². The van der Waals surface area contributed by atoms with Gasteiger partial charge in [0, 0.05) is 30.2 Å². The van der Waals surface area contributed by atoms with Gasteiger partial charge in [0.15, 0.2) is 5.84 Å². The standard InChI is InChI=1S/C25H26N6O3S/c1-15-4-6-19(7-5-15)30-16(2)12-18(17(30)3)13-20-23(26)31-25(27-24(20)33)35-21(28-31)14-22(32)29-8-10-34-11-9-29/h4-7,12-13,26H,8-11,14H2,1-3H3/b20-13-,26-23?. The molecule has 5 rings (SSSR count). The molecule has 9 nitrogen and oxygen atoms in total. The van der Waals surface area contributed by atoms with Crippen LogP contribution in [0.25, 0.3) is 11.8 Å². The van der Waals surface area contributed by atoms with Gasteiger partial charge in [0.1, 0.15) is 5.04 Å². The average molecular weight is 491 g/mol. The van der Waals surface area contributed by atoms with Crippen molar-refractivity contribution < 1.29 is 14.3 Å². The first kappa shape index (κ1) is 23.3. The molecule has 0 unspecified atom stereocenters. The maximum atomic E-state index is 12.9. The van der Waals surface area contributed by atoms with E-state index in [1.807, 2.05) is 26.8 Å². The number of hydrogen-bond acceptors (Lipinski definition) is 6. The Morgan fingerprint density at radius 3 is 2.60 bits per heavy atom. The van der Waals surface area contributed by atoms with Crippen molar-refractivity contribution in [1.82, 2.24) is 14.5 Å². The number of hydrazone groups is 1. The predicted octanol–water partition coefficient (Wildman–Crippen LogP) is 3.27. The molecule has 2 aromatic rings. The van der Waals surface area contributed by atoms with Crippen molar-refractivity contribution in [1.29, 1.82) is 5.41 Å². The third-order valence-electron chi connectivity index (χ3n) is 6.22. The molecule has 0 radical (unpaired) electrons. The fraction of sp³-hybridized carbons (Fsp3) is 0.320. The van der Waals surface area contributed by atoms with Crippen LogP contribution in [0.2, 0.25) is 0 Å². The number of nitrogens with one attached hydrogen (secondary N) is 1. The molecule has 1 aromatic carbocycles. The van der Waals surface area contributed by atoms with Gasteiger partial charge < -0.3 is 14.2 Å². The Balaban J connectivity index is 1.39. The Labute approximate surface area is 207 Å². The third kappa shape index (κ3) is 4.46. The number of thioether (sulfide) groups is 1. The van der Waals surface area contributed by atoms with Crippen LogP contribution in [0.4, 0.5) is 0 Å². The molecular weight excluding hydrogens is 464 g/mol. The minimum atomic E-state index is -0.482. The van der Waals surface area contributed by atoms with E-state index < -0.39 is 5.91 Å². The molecule has 0 bridgehead atoms. The number of nitrogens with zero attached hydrogens (tertiary/aromatic N) is 5. The lowest BCUT2D eigenvalue weighted by Gasteiger charge is -2.26. The Morgan fingerprint density at radius 1 is 1.17 bits per heavy atom. The highest BCUT2D eigenvalue weighted by molar-refractivity contribution is 8.27. The molecule has 1 aromatic heterocycles. The van der Waals surface area contributed by atoms with Crippen molar-refractivity contribution in [3.05, 3.63) is 58.4 Å².